The number of fused-ring (bicyclic) bond motifs is 4. The van der Waals surface area contributed by atoms with Crippen molar-refractivity contribution in [1.29, 1.82) is 0 Å². The highest BCUT2D eigenvalue weighted by atomic mass is 32.2. The van der Waals surface area contributed by atoms with Gasteiger partial charge in [-0.1, -0.05) is 92.9 Å². The molecule has 0 unspecified atom stereocenters. The molecule has 0 saturated heterocycles. The normalized spacial score (nSPS) is 18.9. The number of anilines is 3. The lowest BCUT2D eigenvalue weighted by atomic mass is 9.75. The molecule has 1 nitrogen and oxygen atoms in total. The molecule has 0 atom stereocenters. The molecule has 148 valence electrons. The molecule has 0 fully saturated rings. The Morgan fingerprint density at radius 1 is 0.867 bits per heavy atom. The molecule has 1 aliphatic heterocycles. The minimum Gasteiger partial charge on any atom is -0.308 e. The van der Waals surface area contributed by atoms with Crippen LogP contribution in [-0.2, 0) is 11.8 Å². The van der Waals surface area contributed by atoms with Gasteiger partial charge in [0.2, 0.25) is 0 Å². The summed E-state index contributed by atoms with van der Waals surface area (Å²) in [7, 11) is 0. The summed E-state index contributed by atoms with van der Waals surface area (Å²) in [5.74, 6) is 0. The molecule has 5 rings (SSSR count). The van der Waals surface area contributed by atoms with E-state index in [1.807, 2.05) is 11.8 Å². The predicted octanol–water partition coefficient (Wildman–Crippen LogP) is 8.12. The Morgan fingerprint density at radius 2 is 1.63 bits per heavy atom. The first-order chi connectivity index (χ1) is 14.6. The third-order valence-corrected chi connectivity index (χ3v) is 7.27. The van der Waals surface area contributed by atoms with Gasteiger partial charge in [0.05, 0.1) is 11.4 Å². The first kappa shape index (κ1) is 19.0. The SMILES string of the molecule is C=C1/C=C\C=C/Cc2c(ccc3c2N(c2ccccc2)c2ccccc2S3)C1(C)C. The maximum Gasteiger partial charge on any atom is 0.0639 e. The minimum atomic E-state index is -0.142. The molecule has 0 radical (unpaired) electrons. The Balaban J connectivity index is 1.82. The van der Waals surface area contributed by atoms with E-state index in [1.165, 1.54) is 38.0 Å². The fourth-order valence-electron chi connectivity index (χ4n) is 4.36. The number of para-hydroxylation sites is 2. The van der Waals surface area contributed by atoms with Crippen LogP contribution in [0.15, 0.2) is 113 Å². The third-order valence-electron chi connectivity index (χ3n) is 6.15. The van der Waals surface area contributed by atoms with Gasteiger partial charge in [-0.25, -0.2) is 0 Å². The van der Waals surface area contributed by atoms with Crippen LogP contribution in [-0.4, -0.2) is 0 Å². The van der Waals surface area contributed by atoms with E-state index in [2.05, 4.69) is 116 Å². The number of nitrogens with zero attached hydrogens (tertiary/aromatic N) is 1. The van der Waals surface area contributed by atoms with Gasteiger partial charge in [0, 0.05) is 20.9 Å². The standard InChI is InChI=1S/C28H25NS/c1-20-12-6-4-9-15-22-23(28(20,2)3)18-19-26-27(22)29(21-13-7-5-8-14-21)24-16-10-11-17-25(24)30-26/h4-14,16-19H,1,15H2,2-3H3/b9-4-,12-6-. The summed E-state index contributed by atoms with van der Waals surface area (Å²) in [6, 6.07) is 24.0. The number of allylic oxidation sites excluding steroid dienone is 5. The van der Waals surface area contributed by atoms with Gasteiger partial charge in [0.15, 0.2) is 0 Å². The highest BCUT2D eigenvalue weighted by Gasteiger charge is 2.33. The van der Waals surface area contributed by atoms with Crippen LogP contribution in [0.4, 0.5) is 17.1 Å². The minimum absolute atomic E-state index is 0.142. The number of benzene rings is 3. The second kappa shape index (κ2) is 7.37. The molecule has 3 aromatic rings. The number of hydrogen-bond acceptors (Lipinski definition) is 2. The molecule has 0 N–H and O–H groups in total. The van der Waals surface area contributed by atoms with Crippen molar-refractivity contribution in [3.8, 4) is 0 Å². The first-order valence-electron chi connectivity index (χ1n) is 10.4. The Morgan fingerprint density at radius 3 is 2.47 bits per heavy atom. The molecule has 0 saturated carbocycles. The van der Waals surface area contributed by atoms with Crippen molar-refractivity contribution >= 4 is 28.8 Å². The average molecular weight is 408 g/mol. The van der Waals surface area contributed by atoms with Crippen LogP contribution in [0.25, 0.3) is 0 Å². The molecular weight excluding hydrogens is 382 g/mol. The number of hydrogen-bond donors (Lipinski definition) is 0. The van der Waals surface area contributed by atoms with Crippen LogP contribution in [0.1, 0.15) is 25.0 Å². The Bertz CT molecular complexity index is 1180. The van der Waals surface area contributed by atoms with Gasteiger partial charge in [-0.15, -0.1) is 0 Å². The molecule has 1 aliphatic carbocycles. The molecule has 2 heteroatoms. The second-order valence-corrected chi connectivity index (χ2v) is 9.40. The highest BCUT2D eigenvalue weighted by molar-refractivity contribution is 7.99. The van der Waals surface area contributed by atoms with Crippen molar-refractivity contribution in [2.24, 2.45) is 0 Å². The van der Waals surface area contributed by atoms with Crippen LogP contribution < -0.4 is 4.90 Å². The van der Waals surface area contributed by atoms with Gasteiger partial charge < -0.3 is 4.90 Å². The largest absolute Gasteiger partial charge is 0.308 e. The Kier molecular flexibility index (Phi) is 4.67. The van der Waals surface area contributed by atoms with E-state index >= 15 is 0 Å². The molecule has 0 bridgehead atoms. The maximum absolute atomic E-state index is 4.39. The van der Waals surface area contributed by atoms with E-state index in [4.69, 9.17) is 0 Å². The third kappa shape index (κ3) is 3.03. The molecule has 1 heterocycles. The summed E-state index contributed by atoms with van der Waals surface area (Å²) in [5, 5.41) is 0. The lowest BCUT2D eigenvalue weighted by Gasteiger charge is -2.38. The van der Waals surface area contributed by atoms with Crippen LogP contribution in [0, 0.1) is 0 Å². The average Bonchev–Trinajstić information content (AvgIpc) is 2.82. The van der Waals surface area contributed by atoms with Crippen LogP contribution in [0.2, 0.25) is 0 Å². The zero-order valence-electron chi connectivity index (χ0n) is 17.4. The topological polar surface area (TPSA) is 3.24 Å². The highest BCUT2D eigenvalue weighted by Crippen LogP contribution is 2.54. The van der Waals surface area contributed by atoms with Crippen molar-refractivity contribution < 1.29 is 0 Å². The van der Waals surface area contributed by atoms with Gasteiger partial charge in [-0.3, -0.25) is 0 Å². The molecule has 3 aromatic carbocycles. The van der Waals surface area contributed by atoms with Crippen molar-refractivity contribution in [1.82, 2.24) is 0 Å². The fraction of sp³-hybridized carbons (Fsp3) is 0.143. The van der Waals surface area contributed by atoms with Gasteiger partial charge in [0.1, 0.15) is 0 Å². The fourth-order valence-corrected chi connectivity index (χ4v) is 5.46. The Labute approximate surface area is 183 Å². The summed E-state index contributed by atoms with van der Waals surface area (Å²) in [6.45, 7) is 8.96. The van der Waals surface area contributed by atoms with E-state index in [1.54, 1.807) is 0 Å². The van der Waals surface area contributed by atoms with Gasteiger partial charge >= 0.3 is 0 Å². The van der Waals surface area contributed by atoms with E-state index in [0.29, 0.717) is 0 Å². The van der Waals surface area contributed by atoms with Crippen LogP contribution in [0.5, 0.6) is 0 Å². The molecule has 30 heavy (non-hydrogen) atoms. The van der Waals surface area contributed by atoms with Crippen molar-refractivity contribution in [2.75, 3.05) is 4.90 Å². The molecule has 0 amide bonds. The van der Waals surface area contributed by atoms with E-state index in [0.717, 1.165) is 12.0 Å². The summed E-state index contributed by atoms with van der Waals surface area (Å²) >= 11 is 1.87. The van der Waals surface area contributed by atoms with E-state index in [-0.39, 0.29) is 5.41 Å². The first-order valence-corrected chi connectivity index (χ1v) is 11.2. The molecular formula is C28H25NS. The quantitative estimate of drug-likeness (QED) is 0.313. The molecule has 2 aliphatic rings. The number of rotatable bonds is 1. The Hall–Kier alpha value is -2.97. The summed E-state index contributed by atoms with van der Waals surface area (Å²) in [6.07, 6.45) is 9.56. The summed E-state index contributed by atoms with van der Waals surface area (Å²) < 4.78 is 0. The van der Waals surface area contributed by atoms with Crippen molar-refractivity contribution in [3.05, 3.63) is 114 Å². The summed E-state index contributed by atoms with van der Waals surface area (Å²) in [5.41, 5.74) is 7.45. The summed E-state index contributed by atoms with van der Waals surface area (Å²) in [4.78, 5) is 5.04. The van der Waals surface area contributed by atoms with Crippen LogP contribution in [0.3, 0.4) is 0 Å². The lowest BCUT2D eigenvalue weighted by molar-refractivity contribution is 0.634. The predicted molar refractivity (Wildman–Crippen MR) is 129 cm³/mol. The van der Waals surface area contributed by atoms with Gasteiger partial charge in [-0.05, 0) is 53.5 Å². The molecule has 0 spiro atoms. The second-order valence-electron chi connectivity index (χ2n) is 8.32. The van der Waals surface area contributed by atoms with Crippen molar-refractivity contribution in [3.63, 3.8) is 0 Å². The van der Waals surface area contributed by atoms with E-state index < -0.39 is 0 Å². The van der Waals surface area contributed by atoms with Gasteiger partial charge in [-0.2, -0.15) is 0 Å². The maximum atomic E-state index is 4.39. The lowest BCUT2D eigenvalue weighted by Crippen LogP contribution is -2.24. The zero-order valence-corrected chi connectivity index (χ0v) is 18.2. The molecule has 0 aromatic heterocycles. The van der Waals surface area contributed by atoms with Crippen molar-refractivity contribution in [2.45, 2.75) is 35.5 Å². The van der Waals surface area contributed by atoms with Crippen LogP contribution >= 0.6 is 11.8 Å². The van der Waals surface area contributed by atoms with E-state index in [9.17, 15) is 0 Å². The van der Waals surface area contributed by atoms with Gasteiger partial charge in [0.25, 0.3) is 0 Å². The monoisotopic (exact) mass is 407 g/mol. The zero-order chi connectivity index (χ0) is 20.7. The smallest absolute Gasteiger partial charge is 0.0639 e.